The summed E-state index contributed by atoms with van der Waals surface area (Å²) in [6, 6.07) is 11.4. The first-order chi connectivity index (χ1) is 12.3. The van der Waals surface area contributed by atoms with E-state index in [1.807, 2.05) is 55.7 Å². The molecule has 0 aliphatic carbocycles. The standard InChI is InChI=1S/C19H20N4O2/c1-14-22-11-15(12-23-14)10-20-13-16-6-5-9-21-19(16)25-18-8-4-3-7-17(18)24-2/h3-9,11-12,20H,10,13H2,1-2H3. The predicted octanol–water partition coefficient (Wildman–Crippen LogP) is 3.27. The number of nitrogens with zero attached hydrogens (tertiary/aromatic N) is 3. The number of aryl methyl sites for hydroxylation is 1. The molecule has 0 unspecified atom stereocenters. The number of aromatic nitrogens is 3. The van der Waals surface area contributed by atoms with E-state index in [-0.39, 0.29) is 0 Å². The number of pyridine rings is 1. The number of nitrogens with one attached hydrogen (secondary N) is 1. The van der Waals surface area contributed by atoms with Crippen LogP contribution in [0.3, 0.4) is 0 Å². The Morgan fingerprint density at radius 1 is 0.920 bits per heavy atom. The topological polar surface area (TPSA) is 69.2 Å². The lowest BCUT2D eigenvalue weighted by Crippen LogP contribution is -2.14. The van der Waals surface area contributed by atoms with Gasteiger partial charge in [-0.25, -0.2) is 15.0 Å². The molecular weight excluding hydrogens is 316 g/mol. The second-order valence-corrected chi connectivity index (χ2v) is 5.46. The van der Waals surface area contributed by atoms with Gasteiger partial charge in [-0.15, -0.1) is 0 Å². The predicted molar refractivity (Wildman–Crippen MR) is 94.6 cm³/mol. The van der Waals surface area contributed by atoms with Gasteiger partial charge in [0, 0.05) is 42.8 Å². The highest BCUT2D eigenvalue weighted by atomic mass is 16.5. The second kappa shape index (κ2) is 8.21. The Labute approximate surface area is 146 Å². The van der Waals surface area contributed by atoms with Crippen molar-refractivity contribution in [3.63, 3.8) is 0 Å². The summed E-state index contributed by atoms with van der Waals surface area (Å²) >= 11 is 0. The lowest BCUT2D eigenvalue weighted by atomic mass is 10.2. The maximum Gasteiger partial charge on any atom is 0.223 e. The van der Waals surface area contributed by atoms with Crippen LogP contribution in [-0.4, -0.2) is 22.1 Å². The van der Waals surface area contributed by atoms with E-state index in [2.05, 4.69) is 20.3 Å². The molecule has 0 bridgehead atoms. The van der Waals surface area contributed by atoms with Crippen LogP contribution in [0.2, 0.25) is 0 Å². The Balaban J connectivity index is 1.67. The van der Waals surface area contributed by atoms with Crippen LogP contribution < -0.4 is 14.8 Å². The molecule has 0 aliphatic heterocycles. The van der Waals surface area contributed by atoms with Gasteiger partial charge in [-0.1, -0.05) is 18.2 Å². The highest BCUT2D eigenvalue weighted by molar-refractivity contribution is 5.42. The normalized spacial score (nSPS) is 10.5. The molecule has 0 fully saturated rings. The molecule has 6 heteroatoms. The Bertz CT molecular complexity index is 822. The summed E-state index contributed by atoms with van der Waals surface area (Å²) in [5.74, 6) is 2.63. The fourth-order valence-electron chi connectivity index (χ4n) is 2.31. The molecule has 1 aromatic carbocycles. The summed E-state index contributed by atoms with van der Waals surface area (Å²) in [6.07, 6.45) is 5.36. The van der Waals surface area contributed by atoms with E-state index in [1.54, 1.807) is 13.3 Å². The summed E-state index contributed by atoms with van der Waals surface area (Å²) < 4.78 is 11.3. The number of ether oxygens (including phenoxy) is 2. The molecule has 0 saturated carbocycles. The van der Waals surface area contributed by atoms with Crippen molar-refractivity contribution in [1.82, 2.24) is 20.3 Å². The number of methoxy groups -OCH3 is 1. The number of benzene rings is 1. The van der Waals surface area contributed by atoms with Crippen LogP contribution in [0.1, 0.15) is 17.0 Å². The summed E-state index contributed by atoms with van der Waals surface area (Å²) in [7, 11) is 1.62. The van der Waals surface area contributed by atoms with Gasteiger partial charge < -0.3 is 14.8 Å². The SMILES string of the molecule is COc1ccccc1Oc1ncccc1CNCc1cnc(C)nc1. The zero-order chi connectivity index (χ0) is 17.5. The van der Waals surface area contributed by atoms with Gasteiger partial charge in [0.05, 0.1) is 7.11 Å². The molecule has 6 nitrogen and oxygen atoms in total. The summed E-state index contributed by atoms with van der Waals surface area (Å²) in [5.41, 5.74) is 1.99. The summed E-state index contributed by atoms with van der Waals surface area (Å²) in [5, 5.41) is 3.36. The molecule has 25 heavy (non-hydrogen) atoms. The first-order valence-electron chi connectivity index (χ1n) is 7.99. The molecule has 0 radical (unpaired) electrons. The van der Waals surface area contributed by atoms with E-state index in [9.17, 15) is 0 Å². The van der Waals surface area contributed by atoms with E-state index in [0.717, 1.165) is 17.0 Å². The van der Waals surface area contributed by atoms with Crippen molar-refractivity contribution >= 4 is 0 Å². The van der Waals surface area contributed by atoms with Gasteiger partial charge >= 0.3 is 0 Å². The number of hydrogen-bond acceptors (Lipinski definition) is 6. The minimum Gasteiger partial charge on any atom is -0.493 e. The molecule has 2 aromatic heterocycles. The molecule has 3 rings (SSSR count). The smallest absolute Gasteiger partial charge is 0.223 e. The molecule has 128 valence electrons. The van der Waals surface area contributed by atoms with Crippen molar-refractivity contribution in [3.8, 4) is 17.4 Å². The van der Waals surface area contributed by atoms with Gasteiger partial charge in [0.15, 0.2) is 11.5 Å². The Morgan fingerprint density at radius 3 is 2.44 bits per heavy atom. The minimum atomic E-state index is 0.555. The van der Waals surface area contributed by atoms with Crippen molar-refractivity contribution < 1.29 is 9.47 Å². The molecule has 3 aromatic rings. The van der Waals surface area contributed by atoms with E-state index in [4.69, 9.17) is 9.47 Å². The Hall–Kier alpha value is -2.99. The third kappa shape index (κ3) is 4.51. The molecule has 0 spiro atoms. The monoisotopic (exact) mass is 336 g/mol. The van der Waals surface area contributed by atoms with Crippen LogP contribution in [0.4, 0.5) is 0 Å². The van der Waals surface area contributed by atoms with Crippen molar-refractivity contribution in [2.24, 2.45) is 0 Å². The molecule has 0 aliphatic rings. The number of rotatable bonds is 7. The molecule has 0 amide bonds. The Morgan fingerprint density at radius 2 is 1.68 bits per heavy atom. The van der Waals surface area contributed by atoms with E-state index in [1.165, 1.54) is 0 Å². The van der Waals surface area contributed by atoms with Gasteiger partial charge in [0.25, 0.3) is 0 Å². The van der Waals surface area contributed by atoms with Crippen LogP contribution in [0.5, 0.6) is 17.4 Å². The fourth-order valence-corrected chi connectivity index (χ4v) is 2.31. The largest absolute Gasteiger partial charge is 0.493 e. The lowest BCUT2D eigenvalue weighted by molar-refractivity contribution is 0.372. The zero-order valence-electron chi connectivity index (χ0n) is 14.3. The highest BCUT2D eigenvalue weighted by Crippen LogP contribution is 2.31. The van der Waals surface area contributed by atoms with Crippen LogP contribution in [0.25, 0.3) is 0 Å². The third-order valence-corrected chi connectivity index (χ3v) is 3.60. The first-order valence-corrected chi connectivity index (χ1v) is 7.99. The fraction of sp³-hybridized carbons (Fsp3) is 0.211. The van der Waals surface area contributed by atoms with Gasteiger partial charge in [0.1, 0.15) is 5.82 Å². The molecule has 2 heterocycles. The molecule has 1 N–H and O–H groups in total. The lowest BCUT2D eigenvalue weighted by Gasteiger charge is -2.12. The number of hydrogen-bond donors (Lipinski definition) is 1. The van der Waals surface area contributed by atoms with E-state index >= 15 is 0 Å². The maximum absolute atomic E-state index is 5.95. The van der Waals surface area contributed by atoms with Gasteiger partial charge in [-0.3, -0.25) is 0 Å². The second-order valence-electron chi connectivity index (χ2n) is 5.46. The van der Waals surface area contributed by atoms with E-state index in [0.29, 0.717) is 30.5 Å². The zero-order valence-corrected chi connectivity index (χ0v) is 14.3. The minimum absolute atomic E-state index is 0.555. The van der Waals surface area contributed by atoms with Crippen molar-refractivity contribution in [1.29, 1.82) is 0 Å². The van der Waals surface area contributed by atoms with Gasteiger partial charge in [-0.05, 0) is 25.1 Å². The van der Waals surface area contributed by atoms with E-state index < -0.39 is 0 Å². The van der Waals surface area contributed by atoms with Crippen molar-refractivity contribution in [3.05, 3.63) is 71.9 Å². The number of para-hydroxylation sites is 2. The Kier molecular flexibility index (Phi) is 5.53. The molecular formula is C19H20N4O2. The van der Waals surface area contributed by atoms with Gasteiger partial charge in [0.2, 0.25) is 5.88 Å². The highest BCUT2D eigenvalue weighted by Gasteiger charge is 2.09. The average Bonchev–Trinajstić information content (AvgIpc) is 2.65. The first kappa shape index (κ1) is 16.9. The average molecular weight is 336 g/mol. The van der Waals surface area contributed by atoms with Crippen LogP contribution in [-0.2, 0) is 13.1 Å². The summed E-state index contributed by atoms with van der Waals surface area (Å²) in [4.78, 5) is 12.7. The summed E-state index contributed by atoms with van der Waals surface area (Å²) in [6.45, 7) is 3.16. The molecule has 0 atom stereocenters. The third-order valence-electron chi connectivity index (χ3n) is 3.60. The van der Waals surface area contributed by atoms with Crippen molar-refractivity contribution in [2.75, 3.05) is 7.11 Å². The van der Waals surface area contributed by atoms with Crippen LogP contribution in [0.15, 0.2) is 55.0 Å². The van der Waals surface area contributed by atoms with Crippen LogP contribution >= 0.6 is 0 Å². The maximum atomic E-state index is 5.95. The molecule has 0 saturated heterocycles. The van der Waals surface area contributed by atoms with Gasteiger partial charge in [-0.2, -0.15) is 0 Å². The van der Waals surface area contributed by atoms with Crippen molar-refractivity contribution in [2.45, 2.75) is 20.0 Å². The quantitative estimate of drug-likeness (QED) is 0.714. The van der Waals surface area contributed by atoms with Crippen LogP contribution in [0, 0.1) is 6.92 Å².